The smallest absolute Gasteiger partial charge is 0.281 e. The van der Waals surface area contributed by atoms with Crippen LogP contribution in [0.4, 0.5) is 10.1 Å². The molecule has 0 aliphatic heterocycles. The number of hydrogen-bond donors (Lipinski definition) is 1. The Hall–Kier alpha value is -3.11. The topological polar surface area (TPSA) is 99.6 Å². The standard InChI is InChI=1S/C23H24BrFN4O4/c1-27(2)21(9-15-12-26-19-10-17(25)11-20(22(15)19)29(32)33)23(31)28(3)18(13-30)8-14-5-4-6-16(24)7-14/h4-7,10-13,18,21,26H,8-9H2,1-3H3. The Morgan fingerprint density at radius 1 is 1.24 bits per heavy atom. The van der Waals surface area contributed by atoms with E-state index in [2.05, 4.69) is 20.9 Å². The summed E-state index contributed by atoms with van der Waals surface area (Å²) in [6.45, 7) is 0. The second kappa shape index (κ2) is 10.2. The summed E-state index contributed by atoms with van der Waals surface area (Å²) in [6, 6.07) is 8.20. The molecule has 3 aromatic rings. The molecule has 0 saturated heterocycles. The van der Waals surface area contributed by atoms with Crippen molar-refractivity contribution in [2.75, 3.05) is 21.1 Å². The van der Waals surface area contributed by atoms with Crippen LogP contribution < -0.4 is 0 Å². The van der Waals surface area contributed by atoms with Crippen LogP contribution in [0.25, 0.3) is 10.9 Å². The molecule has 1 amide bonds. The van der Waals surface area contributed by atoms with Crippen molar-refractivity contribution < 1.29 is 18.9 Å². The number of halogens is 2. The molecule has 1 N–H and O–H groups in total. The first-order valence-corrected chi connectivity index (χ1v) is 11.0. The lowest BCUT2D eigenvalue weighted by molar-refractivity contribution is -0.383. The van der Waals surface area contributed by atoms with Gasteiger partial charge >= 0.3 is 0 Å². The Bertz CT molecular complexity index is 1200. The number of benzene rings is 2. The number of hydrogen-bond acceptors (Lipinski definition) is 5. The number of carbonyl (C=O) groups excluding carboxylic acids is 2. The van der Waals surface area contributed by atoms with Crippen molar-refractivity contribution in [2.24, 2.45) is 0 Å². The van der Waals surface area contributed by atoms with Crippen LogP contribution in [0.5, 0.6) is 0 Å². The molecule has 0 aliphatic rings. The quantitative estimate of drug-likeness (QED) is 0.264. The molecule has 0 aliphatic carbocycles. The lowest BCUT2D eigenvalue weighted by atomic mass is 10.0. The van der Waals surface area contributed by atoms with Gasteiger partial charge in [-0.3, -0.25) is 19.8 Å². The van der Waals surface area contributed by atoms with Crippen LogP contribution in [0.2, 0.25) is 0 Å². The van der Waals surface area contributed by atoms with E-state index in [-0.39, 0.29) is 28.9 Å². The average molecular weight is 519 g/mol. The fourth-order valence-electron chi connectivity index (χ4n) is 3.87. The summed E-state index contributed by atoms with van der Waals surface area (Å²) in [6.07, 6.45) is 2.79. The number of likely N-dealkylation sites (N-methyl/N-ethyl adjacent to an activating group) is 2. The molecule has 2 atom stereocenters. The lowest BCUT2D eigenvalue weighted by Gasteiger charge is -2.31. The van der Waals surface area contributed by atoms with Crippen molar-refractivity contribution in [2.45, 2.75) is 24.9 Å². The normalized spacial score (nSPS) is 13.2. The molecule has 10 heteroatoms. The molecule has 0 bridgehead atoms. The van der Waals surface area contributed by atoms with Crippen molar-refractivity contribution >= 4 is 44.7 Å². The molecule has 8 nitrogen and oxygen atoms in total. The van der Waals surface area contributed by atoms with Gasteiger partial charge < -0.3 is 14.7 Å². The minimum absolute atomic E-state index is 0.144. The highest BCUT2D eigenvalue weighted by Crippen LogP contribution is 2.31. The van der Waals surface area contributed by atoms with Gasteiger partial charge in [-0.25, -0.2) is 4.39 Å². The van der Waals surface area contributed by atoms with Crippen LogP contribution >= 0.6 is 15.9 Å². The number of nitrogens with one attached hydrogen (secondary N) is 1. The first-order chi connectivity index (χ1) is 15.6. The largest absolute Gasteiger partial charge is 0.361 e. The molecule has 0 saturated carbocycles. The molecule has 1 heterocycles. The van der Waals surface area contributed by atoms with Gasteiger partial charge in [-0.1, -0.05) is 28.1 Å². The summed E-state index contributed by atoms with van der Waals surface area (Å²) in [5.41, 5.74) is 1.35. The fraction of sp³-hybridized carbons (Fsp3) is 0.304. The van der Waals surface area contributed by atoms with Gasteiger partial charge in [0.05, 0.1) is 34.0 Å². The Kier molecular flexibility index (Phi) is 7.60. The zero-order chi connectivity index (χ0) is 24.3. The number of aldehydes is 1. The highest BCUT2D eigenvalue weighted by molar-refractivity contribution is 9.10. The zero-order valence-corrected chi connectivity index (χ0v) is 20.0. The number of non-ortho nitro benzene ring substituents is 1. The van der Waals surface area contributed by atoms with Gasteiger partial charge in [0.1, 0.15) is 12.1 Å². The average Bonchev–Trinajstić information content (AvgIpc) is 3.16. The highest BCUT2D eigenvalue weighted by Gasteiger charge is 2.30. The Labute approximate surface area is 198 Å². The number of fused-ring (bicyclic) bond motifs is 1. The molecule has 0 spiro atoms. The SMILES string of the molecule is CN(C)C(Cc1c[nH]c2cc(F)cc([N+](=O)[O-])c12)C(=O)N(C)C(C=O)Cc1cccc(Br)c1. The van der Waals surface area contributed by atoms with Gasteiger partial charge in [-0.05, 0) is 56.3 Å². The van der Waals surface area contributed by atoms with Crippen LogP contribution in [0.1, 0.15) is 11.1 Å². The van der Waals surface area contributed by atoms with E-state index in [4.69, 9.17) is 0 Å². The second-order valence-corrected chi connectivity index (χ2v) is 9.00. The molecule has 0 radical (unpaired) electrons. The molecule has 33 heavy (non-hydrogen) atoms. The van der Waals surface area contributed by atoms with Gasteiger partial charge in [-0.2, -0.15) is 0 Å². The first-order valence-electron chi connectivity index (χ1n) is 10.2. The van der Waals surface area contributed by atoms with Crippen LogP contribution in [0.3, 0.4) is 0 Å². The van der Waals surface area contributed by atoms with Gasteiger partial charge in [0.25, 0.3) is 5.69 Å². The van der Waals surface area contributed by atoms with Crippen LogP contribution in [0.15, 0.2) is 47.1 Å². The Morgan fingerprint density at radius 2 is 1.97 bits per heavy atom. The van der Waals surface area contributed by atoms with Gasteiger partial charge in [0, 0.05) is 17.7 Å². The van der Waals surface area contributed by atoms with Crippen LogP contribution in [-0.2, 0) is 22.4 Å². The number of rotatable bonds is 9. The second-order valence-electron chi connectivity index (χ2n) is 8.09. The number of carbonyl (C=O) groups is 2. The monoisotopic (exact) mass is 518 g/mol. The van der Waals surface area contributed by atoms with Gasteiger partial charge in [0.15, 0.2) is 0 Å². The van der Waals surface area contributed by atoms with Crippen molar-refractivity contribution in [3.8, 4) is 0 Å². The predicted octanol–water partition coefficient (Wildman–Crippen LogP) is 3.72. The van der Waals surface area contributed by atoms with E-state index in [0.717, 1.165) is 22.4 Å². The van der Waals surface area contributed by atoms with Crippen LogP contribution in [-0.4, -0.2) is 65.1 Å². The Morgan fingerprint density at radius 3 is 2.58 bits per heavy atom. The highest BCUT2D eigenvalue weighted by atomic mass is 79.9. The minimum Gasteiger partial charge on any atom is -0.361 e. The van der Waals surface area contributed by atoms with E-state index in [1.807, 2.05) is 24.3 Å². The number of amides is 1. The first kappa shape index (κ1) is 24.5. The third-order valence-corrected chi connectivity index (χ3v) is 6.15. The molecule has 3 rings (SSSR count). The van der Waals surface area contributed by atoms with E-state index < -0.39 is 22.8 Å². The third-order valence-electron chi connectivity index (χ3n) is 5.66. The Balaban J connectivity index is 1.89. The van der Waals surface area contributed by atoms with E-state index in [0.29, 0.717) is 12.0 Å². The number of nitro benzene ring substituents is 1. The van der Waals surface area contributed by atoms with E-state index in [1.165, 1.54) is 11.0 Å². The summed E-state index contributed by atoms with van der Waals surface area (Å²) < 4.78 is 14.7. The third kappa shape index (κ3) is 5.45. The lowest BCUT2D eigenvalue weighted by Crippen LogP contribution is -2.50. The van der Waals surface area contributed by atoms with Crippen molar-refractivity contribution in [3.05, 3.63) is 74.1 Å². The number of aromatic amines is 1. The minimum atomic E-state index is -0.719. The molecule has 2 aromatic carbocycles. The maximum absolute atomic E-state index is 13.8. The summed E-state index contributed by atoms with van der Waals surface area (Å²) in [7, 11) is 5.02. The van der Waals surface area contributed by atoms with Gasteiger partial charge in [0.2, 0.25) is 5.91 Å². The molecule has 0 fully saturated rings. The maximum atomic E-state index is 13.8. The summed E-state index contributed by atoms with van der Waals surface area (Å²) >= 11 is 3.41. The summed E-state index contributed by atoms with van der Waals surface area (Å²) in [5.74, 6) is -1.02. The number of H-pyrrole nitrogens is 1. The van der Waals surface area contributed by atoms with Crippen molar-refractivity contribution in [1.29, 1.82) is 0 Å². The van der Waals surface area contributed by atoms with E-state index >= 15 is 0 Å². The number of nitrogens with zero attached hydrogens (tertiary/aromatic N) is 3. The molecule has 174 valence electrons. The number of aromatic nitrogens is 1. The molecular formula is C23H24BrFN4O4. The van der Waals surface area contributed by atoms with E-state index in [9.17, 15) is 24.1 Å². The maximum Gasteiger partial charge on any atom is 0.281 e. The molecule has 1 aromatic heterocycles. The summed E-state index contributed by atoms with van der Waals surface area (Å²) in [5, 5.41) is 11.8. The zero-order valence-electron chi connectivity index (χ0n) is 18.4. The fourth-order valence-corrected chi connectivity index (χ4v) is 4.31. The predicted molar refractivity (Wildman–Crippen MR) is 127 cm³/mol. The summed E-state index contributed by atoms with van der Waals surface area (Å²) in [4.78, 5) is 42.1. The van der Waals surface area contributed by atoms with Crippen molar-refractivity contribution in [3.63, 3.8) is 0 Å². The molecular weight excluding hydrogens is 495 g/mol. The van der Waals surface area contributed by atoms with Crippen LogP contribution in [0, 0.1) is 15.9 Å². The van der Waals surface area contributed by atoms with Crippen molar-refractivity contribution in [1.82, 2.24) is 14.8 Å². The van der Waals surface area contributed by atoms with E-state index in [1.54, 1.807) is 32.2 Å². The number of nitro groups is 1. The van der Waals surface area contributed by atoms with Gasteiger partial charge in [-0.15, -0.1) is 0 Å². The molecule has 2 unspecified atom stereocenters.